The molecule has 3 nitrogen and oxygen atoms in total. The fourth-order valence-electron chi connectivity index (χ4n) is 2.65. The zero-order chi connectivity index (χ0) is 16.8. The molecule has 1 aliphatic heterocycles. The van der Waals surface area contributed by atoms with Crippen LogP contribution in [0.2, 0.25) is 5.02 Å². The van der Waals surface area contributed by atoms with Gasteiger partial charge in [0.2, 0.25) is 0 Å². The summed E-state index contributed by atoms with van der Waals surface area (Å²) in [7, 11) is 0. The first kappa shape index (κ1) is 20.7. The summed E-state index contributed by atoms with van der Waals surface area (Å²) in [6, 6.07) is 15.4. The monoisotopic (exact) mass is 367 g/mol. The number of rotatable bonds is 1. The molecule has 0 fully saturated rings. The number of hydrogen-bond donors (Lipinski definition) is 0. The highest BCUT2D eigenvalue weighted by Crippen LogP contribution is 2.28. The summed E-state index contributed by atoms with van der Waals surface area (Å²) >= 11 is 12.0. The van der Waals surface area contributed by atoms with E-state index in [0.29, 0.717) is 5.92 Å². The largest absolute Gasteiger partial charge is 0.412 e. The second-order valence-corrected chi connectivity index (χ2v) is 6.70. The zero-order valence-corrected chi connectivity index (χ0v) is 15.4. The molecule has 0 radical (unpaired) electrons. The van der Waals surface area contributed by atoms with E-state index in [1.807, 2.05) is 40.8 Å². The van der Waals surface area contributed by atoms with Gasteiger partial charge in [-0.2, -0.15) is 0 Å². The lowest BCUT2D eigenvalue weighted by atomic mass is 9.96. The van der Waals surface area contributed by atoms with Crippen molar-refractivity contribution in [2.75, 3.05) is 13.1 Å². The average Bonchev–Trinajstić information content (AvgIpc) is 2.68. The van der Waals surface area contributed by atoms with Crippen LogP contribution in [0.25, 0.3) is 0 Å². The summed E-state index contributed by atoms with van der Waals surface area (Å²) in [6.45, 7) is 5.57. The van der Waals surface area contributed by atoms with E-state index < -0.39 is 0 Å². The first-order chi connectivity index (χ1) is 11.0. The molecule has 0 saturated carbocycles. The molecule has 2 aromatic carbocycles. The van der Waals surface area contributed by atoms with Crippen molar-refractivity contribution in [3.05, 3.63) is 70.2 Å². The maximum Gasteiger partial charge on any atom is 0.159 e. The van der Waals surface area contributed by atoms with Crippen molar-refractivity contribution in [2.24, 2.45) is 0 Å². The van der Waals surface area contributed by atoms with Gasteiger partial charge in [-0.05, 0) is 54.3 Å². The Morgan fingerprint density at radius 1 is 1.17 bits per heavy atom. The van der Waals surface area contributed by atoms with Gasteiger partial charge in [-0.3, -0.25) is 4.79 Å². The third-order valence-corrected chi connectivity index (χ3v) is 4.46. The van der Waals surface area contributed by atoms with Crippen molar-refractivity contribution >= 4 is 29.2 Å². The first-order valence-corrected chi connectivity index (χ1v) is 8.44. The molecule has 0 unspecified atom stereocenters. The molecule has 3 rings (SSSR count). The number of benzene rings is 2. The van der Waals surface area contributed by atoms with Gasteiger partial charge < -0.3 is 5.48 Å². The maximum absolute atomic E-state index is 10.6. The molecule has 2 N–H and O–H groups in total. The molecule has 0 aromatic heterocycles. The fourth-order valence-corrected chi connectivity index (χ4v) is 3.13. The van der Waals surface area contributed by atoms with Gasteiger partial charge in [-0.25, -0.2) is 4.42 Å². The molecule has 1 aliphatic rings. The van der Waals surface area contributed by atoms with Gasteiger partial charge >= 0.3 is 0 Å². The molecule has 2 aromatic rings. The highest BCUT2D eigenvalue weighted by molar-refractivity contribution is 6.30. The van der Waals surface area contributed by atoms with Crippen molar-refractivity contribution in [3.8, 4) is 0 Å². The molecular weight excluding hydrogens is 345 g/mol. The van der Waals surface area contributed by atoms with Crippen LogP contribution in [0.3, 0.4) is 0 Å². The van der Waals surface area contributed by atoms with E-state index in [1.165, 1.54) is 11.1 Å². The Hall–Kier alpha value is -1.39. The molecule has 0 amide bonds. The predicted octanol–water partition coefficient (Wildman–Crippen LogP) is 4.52. The van der Waals surface area contributed by atoms with E-state index in [9.17, 15) is 4.79 Å². The van der Waals surface area contributed by atoms with Crippen LogP contribution < -0.4 is 0 Å². The van der Waals surface area contributed by atoms with Crippen molar-refractivity contribution in [3.63, 3.8) is 0 Å². The molecule has 1 heterocycles. The number of hydrogen-bond acceptors (Lipinski definition) is 2. The number of Topliss-reactive ketones (excluding diaryl/α,β-unsaturated/α-hetero) is 1. The summed E-state index contributed by atoms with van der Waals surface area (Å²) in [5, 5.41) is 0.818. The predicted molar refractivity (Wildman–Crippen MR) is 101 cm³/mol. The first-order valence-electron chi connectivity index (χ1n) is 7.72. The Balaban J connectivity index is 0.000000252. The minimum atomic E-state index is 0. The normalized spacial score (nSPS) is 16.8. The highest BCUT2D eigenvalue weighted by atomic mass is 35.5. The number of halogens is 2. The Kier molecular flexibility index (Phi) is 8.43. The van der Waals surface area contributed by atoms with Crippen LogP contribution in [-0.4, -0.2) is 28.8 Å². The summed E-state index contributed by atoms with van der Waals surface area (Å²) < 4.78 is 1.86. The lowest BCUT2D eigenvalue weighted by molar-refractivity contribution is 0.101. The maximum atomic E-state index is 10.6. The summed E-state index contributed by atoms with van der Waals surface area (Å²) in [4.78, 5) is 10.6. The molecular formula is C19H23Cl2NO2. The minimum absolute atomic E-state index is 0. The van der Waals surface area contributed by atoms with Gasteiger partial charge in [-0.1, -0.05) is 54.9 Å². The van der Waals surface area contributed by atoms with Gasteiger partial charge in [0, 0.05) is 23.7 Å². The minimum Gasteiger partial charge on any atom is -0.412 e. The van der Waals surface area contributed by atoms with Crippen LogP contribution >= 0.6 is 23.4 Å². The topological polar surface area (TPSA) is 51.8 Å². The smallest absolute Gasteiger partial charge is 0.159 e. The Morgan fingerprint density at radius 2 is 1.83 bits per heavy atom. The van der Waals surface area contributed by atoms with Gasteiger partial charge in [0.15, 0.2) is 5.78 Å². The van der Waals surface area contributed by atoms with Gasteiger partial charge in [-0.15, -0.1) is 0 Å². The molecule has 0 aliphatic carbocycles. The molecule has 1 atom stereocenters. The van der Waals surface area contributed by atoms with Crippen molar-refractivity contribution < 1.29 is 10.3 Å². The second kappa shape index (κ2) is 9.80. The van der Waals surface area contributed by atoms with Gasteiger partial charge in [0.1, 0.15) is 0 Å². The van der Waals surface area contributed by atoms with E-state index >= 15 is 0 Å². The number of carbonyl (C=O) groups is 1. The number of ketones is 1. The van der Waals surface area contributed by atoms with Crippen LogP contribution in [0.1, 0.15) is 41.3 Å². The fraction of sp³-hybridized carbons (Fsp3) is 0.316. The van der Waals surface area contributed by atoms with Crippen LogP contribution in [0.5, 0.6) is 0 Å². The summed E-state index contributed by atoms with van der Waals surface area (Å²) in [5.74, 6) is 0.583. The molecule has 24 heavy (non-hydrogen) atoms. The van der Waals surface area contributed by atoms with E-state index in [-0.39, 0.29) is 11.3 Å². The van der Waals surface area contributed by atoms with Gasteiger partial charge in [0.05, 0.1) is 0 Å². The van der Waals surface area contributed by atoms with E-state index in [1.54, 1.807) is 6.92 Å². The van der Waals surface area contributed by atoms with Crippen LogP contribution in [0, 0.1) is 0 Å². The van der Waals surface area contributed by atoms with Crippen molar-refractivity contribution in [1.82, 2.24) is 4.42 Å². The van der Waals surface area contributed by atoms with E-state index in [2.05, 4.69) is 19.1 Å². The van der Waals surface area contributed by atoms with E-state index in [4.69, 9.17) is 23.4 Å². The van der Waals surface area contributed by atoms with Gasteiger partial charge in [0.25, 0.3) is 0 Å². The van der Waals surface area contributed by atoms with Crippen LogP contribution in [0.4, 0.5) is 0 Å². The number of carbonyl (C=O) groups excluding carboxylic acids is 1. The molecule has 0 bridgehead atoms. The molecule has 0 saturated heterocycles. The van der Waals surface area contributed by atoms with E-state index in [0.717, 1.165) is 30.1 Å². The molecule has 130 valence electrons. The highest BCUT2D eigenvalue weighted by Gasteiger charge is 2.18. The summed E-state index contributed by atoms with van der Waals surface area (Å²) in [5.41, 5.74) is 3.50. The quantitative estimate of drug-likeness (QED) is 0.549. The third kappa shape index (κ3) is 5.91. The molecule has 0 spiro atoms. The number of nitrogens with zero attached hydrogens (tertiary/aromatic N) is 1. The van der Waals surface area contributed by atoms with Crippen LogP contribution in [0.15, 0.2) is 48.5 Å². The zero-order valence-electron chi connectivity index (χ0n) is 13.9. The molecule has 5 heteroatoms. The Bertz CT molecular complexity index is 662. The van der Waals surface area contributed by atoms with Crippen LogP contribution in [-0.2, 0) is 6.42 Å². The second-order valence-electron chi connectivity index (χ2n) is 5.79. The standard InChI is InChI=1S/C11H13Cl2N.C8H8O.H2O/c1-8-7-14(13)5-4-9-2-3-10(12)6-11(8)9;1-7(9)8-5-3-2-4-6-8;/h2-3,6,8H,4-5,7H2,1H3;2-6H,1H3;1H2/t8-;;/m0../s1. The summed E-state index contributed by atoms with van der Waals surface area (Å²) in [6.07, 6.45) is 1.01. The number of fused-ring (bicyclic) bond motifs is 1. The average molecular weight is 368 g/mol. The SMILES string of the molecule is CC(=O)c1ccccc1.C[C@H]1CN(Cl)CCc2ccc(Cl)cc21.O. The lowest BCUT2D eigenvalue weighted by Crippen LogP contribution is -2.16. The van der Waals surface area contributed by atoms with Crippen molar-refractivity contribution in [1.29, 1.82) is 0 Å². The Morgan fingerprint density at radius 3 is 2.42 bits per heavy atom. The van der Waals surface area contributed by atoms with Crippen molar-refractivity contribution in [2.45, 2.75) is 26.2 Å². The lowest BCUT2D eigenvalue weighted by Gasteiger charge is -2.14. The third-order valence-electron chi connectivity index (χ3n) is 3.91. The Labute approximate surface area is 153 Å².